The van der Waals surface area contributed by atoms with E-state index in [9.17, 15) is 26.3 Å². The molecule has 0 saturated heterocycles. The van der Waals surface area contributed by atoms with E-state index in [1.165, 1.54) is 22.6 Å². The summed E-state index contributed by atoms with van der Waals surface area (Å²) in [6.45, 7) is 0. The van der Waals surface area contributed by atoms with Crippen LogP contribution < -0.4 is 0 Å². The van der Waals surface area contributed by atoms with Gasteiger partial charge in [0.1, 0.15) is 15.1 Å². The second kappa shape index (κ2) is 4.14. The highest BCUT2D eigenvalue weighted by molar-refractivity contribution is 14.1. The van der Waals surface area contributed by atoms with Crippen LogP contribution in [0.25, 0.3) is 0 Å². The van der Waals surface area contributed by atoms with Gasteiger partial charge < -0.3 is 0 Å². The van der Waals surface area contributed by atoms with Crippen LogP contribution in [0.4, 0.5) is 26.3 Å². The first kappa shape index (κ1) is 12.5. The quantitative estimate of drug-likeness (QED) is 0.430. The Hall–Kier alpha value is -0.540. The number of aromatic nitrogens is 1. The number of hydrogen-bond acceptors (Lipinski definition) is 1. The van der Waals surface area contributed by atoms with Gasteiger partial charge in [0, 0.05) is 6.20 Å². The van der Waals surface area contributed by atoms with Crippen molar-refractivity contribution in [3.05, 3.63) is 26.8 Å². The molecule has 84 valence electrons. The Morgan fingerprint density at radius 2 is 1.80 bits per heavy atom. The zero-order valence-electron chi connectivity index (χ0n) is 6.75. The second-order valence-corrected chi connectivity index (χ2v) is 3.51. The lowest BCUT2D eigenvalue weighted by Gasteiger charge is -2.11. The largest absolute Gasteiger partial charge is 0.420 e. The topological polar surface area (TPSA) is 12.9 Å². The van der Waals surface area contributed by atoms with Crippen LogP contribution in [0.3, 0.4) is 0 Å². The van der Waals surface area contributed by atoms with Crippen LogP contribution >= 0.6 is 22.6 Å². The second-order valence-electron chi connectivity index (χ2n) is 2.49. The zero-order valence-corrected chi connectivity index (χ0v) is 8.91. The fourth-order valence-corrected chi connectivity index (χ4v) is 1.48. The molecular weight excluding hydrogens is 339 g/mol. The number of alkyl halides is 5. The summed E-state index contributed by atoms with van der Waals surface area (Å²) in [6, 6.07) is 0. The molecule has 0 aliphatic carbocycles. The summed E-state index contributed by atoms with van der Waals surface area (Å²) in [5.41, 5.74) is -3.09. The molecule has 0 fully saturated rings. The van der Waals surface area contributed by atoms with Gasteiger partial charge in [-0.1, -0.05) is 0 Å². The van der Waals surface area contributed by atoms with Crippen molar-refractivity contribution in [1.29, 1.82) is 0 Å². The number of hydrogen-bond donors (Lipinski definition) is 0. The van der Waals surface area contributed by atoms with Gasteiger partial charge >= 0.3 is 6.18 Å². The van der Waals surface area contributed by atoms with Crippen molar-refractivity contribution in [3.8, 4) is 0 Å². The SMILES string of the molecule is Fc1c(C(F)(F)F)cnc(I)c1C(F)F. The highest BCUT2D eigenvalue weighted by atomic mass is 127. The van der Waals surface area contributed by atoms with Crippen molar-refractivity contribution in [3.63, 3.8) is 0 Å². The highest BCUT2D eigenvalue weighted by Gasteiger charge is 2.37. The lowest BCUT2D eigenvalue weighted by atomic mass is 10.2. The van der Waals surface area contributed by atoms with Crippen molar-refractivity contribution < 1.29 is 26.3 Å². The molecule has 0 aliphatic rings. The van der Waals surface area contributed by atoms with Crippen molar-refractivity contribution in [1.82, 2.24) is 4.98 Å². The Balaban J connectivity index is 3.42. The maximum absolute atomic E-state index is 13.0. The Labute approximate surface area is 93.6 Å². The Morgan fingerprint density at radius 1 is 1.27 bits per heavy atom. The van der Waals surface area contributed by atoms with Gasteiger partial charge in [-0.3, -0.25) is 0 Å². The smallest absolute Gasteiger partial charge is 0.249 e. The molecule has 1 aromatic heterocycles. The monoisotopic (exact) mass is 341 g/mol. The zero-order chi connectivity index (χ0) is 11.8. The van der Waals surface area contributed by atoms with Gasteiger partial charge in [0.15, 0.2) is 0 Å². The Bertz CT molecular complexity index is 374. The van der Waals surface area contributed by atoms with Gasteiger partial charge in [-0.2, -0.15) is 13.2 Å². The molecule has 0 bridgehead atoms. The van der Waals surface area contributed by atoms with E-state index < -0.39 is 33.2 Å². The molecule has 0 atom stereocenters. The number of nitrogens with zero attached hydrogens (tertiary/aromatic N) is 1. The van der Waals surface area contributed by atoms with E-state index in [1.807, 2.05) is 0 Å². The lowest BCUT2D eigenvalue weighted by molar-refractivity contribution is -0.140. The van der Waals surface area contributed by atoms with Crippen LogP contribution in [0.5, 0.6) is 0 Å². The van der Waals surface area contributed by atoms with E-state index in [0.29, 0.717) is 0 Å². The molecular formula is C7H2F6IN. The fraction of sp³-hybridized carbons (Fsp3) is 0.286. The minimum atomic E-state index is -5.02. The molecule has 0 saturated carbocycles. The van der Waals surface area contributed by atoms with Crippen molar-refractivity contribution >= 4 is 22.6 Å². The average molecular weight is 341 g/mol. The van der Waals surface area contributed by atoms with E-state index in [0.717, 1.165) is 0 Å². The molecule has 0 spiro atoms. The van der Waals surface area contributed by atoms with Gasteiger partial charge in [-0.05, 0) is 22.6 Å². The predicted molar refractivity (Wildman–Crippen MR) is 46.9 cm³/mol. The molecule has 0 N–H and O–H groups in total. The first-order chi connectivity index (χ1) is 6.75. The van der Waals surface area contributed by atoms with Crippen LogP contribution in [0, 0.1) is 9.52 Å². The maximum atomic E-state index is 13.0. The molecule has 15 heavy (non-hydrogen) atoms. The first-order valence-corrected chi connectivity index (χ1v) is 4.52. The van der Waals surface area contributed by atoms with E-state index in [4.69, 9.17) is 0 Å². The van der Waals surface area contributed by atoms with Crippen LogP contribution in [0.2, 0.25) is 0 Å². The molecule has 0 unspecified atom stereocenters. The van der Waals surface area contributed by atoms with Gasteiger partial charge in [0.25, 0.3) is 6.43 Å². The summed E-state index contributed by atoms with van der Waals surface area (Å²) in [5.74, 6) is -1.96. The minimum absolute atomic E-state index is 0.197. The van der Waals surface area contributed by atoms with Gasteiger partial charge in [0.2, 0.25) is 0 Å². The summed E-state index contributed by atoms with van der Waals surface area (Å²) in [4.78, 5) is 3.07. The van der Waals surface area contributed by atoms with Gasteiger partial charge in [0.05, 0.1) is 5.56 Å². The molecule has 8 heteroatoms. The third-order valence-electron chi connectivity index (χ3n) is 1.53. The molecule has 0 radical (unpaired) electrons. The molecule has 0 aliphatic heterocycles. The highest BCUT2D eigenvalue weighted by Crippen LogP contribution is 2.35. The molecule has 0 amide bonds. The summed E-state index contributed by atoms with van der Waals surface area (Å²) < 4.78 is 73.3. The molecule has 1 aromatic rings. The van der Waals surface area contributed by atoms with E-state index in [-0.39, 0.29) is 6.20 Å². The van der Waals surface area contributed by atoms with Crippen molar-refractivity contribution in [2.75, 3.05) is 0 Å². The first-order valence-electron chi connectivity index (χ1n) is 3.44. The van der Waals surface area contributed by atoms with Crippen LogP contribution in [-0.2, 0) is 6.18 Å². The van der Waals surface area contributed by atoms with E-state index in [2.05, 4.69) is 4.98 Å². The molecule has 1 heterocycles. The van der Waals surface area contributed by atoms with Crippen molar-refractivity contribution in [2.24, 2.45) is 0 Å². The van der Waals surface area contributed by atoms with Crippen LogP contribution in [0.1, 0.15) is 17.6 Å². The Morgan fingerprint density at radius 3 is 2.20 bits per heavy atom. The average Bonchev–Trinajstić information content (AvgIpc) is 2.00. The number of rotatable bonds is 1. The molecule has 1 nitrogen and oxygen atoms in total. The normalized spacial score (nSPS) is 12.3. The number of pyridine rings is 1. The fourth-order valence-electron chi connectivity index (χ4n) is 0.867. The Kier molecular flexibility index (Phi) is 3.46. The van der Waals surface area contributed by atoms with Gasteiger partial charge in [-0.15, -0.1) is 0 Å². The van der Waals surface area contributed by atoms with Crippen molar-refractivity contribution in [2.45, 2.75) is 12.6 Å². The number of halogens is 7. The van der Waals surface area contributed by atoms with E-state index in [1.54, 1.807) is 0 Å². The maximum Gasteiger partial charge on any atom is 0.420 e. The summed E-state index contributed by atoms with van der Waals surface area (Å²) >= 11 is 1.25. The summed E-state index contributed by atoms with van der Waals surface area (Å²) in [6.07, 6.45) is -8.15. The molecule has 1 rings (SSSR count). The van der Waals surface area contributed by atoms with E-state index >= 15 is 0 Å². The molecule has 0 aromatic carbocycles. The van der Waals surface area contributed by atoms with Crippen LogP contribution in [-0.4, -0.2) is 4.98 Å². The standard InChI is InChI=1S/C7H2F6IN/c8-4-2(7(11,12)13)1-15-6(14)3(4)5(9)10/h1,5H. The third-order valence-corrected chi connectivity index (χ3v) is 2.39. The van der Waals surface area contributed by atoms with Crippen LogP contribution in [0.15, 0.2) is 6.20 Å². The minimum Gasteiger partial charge on any atom is -0.249 e. The third kappa shape index (κ3) is 2.52. The lowest BCUT2D eigenvalue weighted by Crippen LogP contribution is -2.12. The van der Waals surface area contributed by atoms with Gasteiger partial charge in [-0.25, -0.2) is 18.2 Å². The summed E-state index contributed by atoms with van der Waals surface area (Å²) in [5, 5.41) is 0. The predicted octanol–water partition coefficient (Wildman–Crippen LogP) is 3.78. The summed E-state index contributed by atoms with van der Waals surface area (Å²) in [7, 11) is 0.